The summed E-state index contributed by atoms with van der Waals surface area (Å²) in [5.74, 6) is -0.406. The normalized spacial score (nSPS) is 14.5. The molecule has 0 unspecified atom stereocenters. The fourth-order valence-electron chi connectivity index (χ4n) is 3.37. The molecule has 3 N–H and O–H groups in total. The number of aromatic nitrogens is 2. The molecule has 1 aliphatic rings. The van der Waals surface area contributed by atoms with Gasteiger partial charge in [-0.05, 0) is 24.3 Å². The van der Waals surface area contributed by atoms with Crippen molar-refractivity contribution in [1.82, 2.24) is 9.97 Å². The van der Waals surface area contributed by atoms with Gasteiger partial charge in [-0.25, -0.2) is 9.97 Å². The first-order valence-electron chi connectivity index (χ1n) is 9.55. The van der Waals surface area contributed by atoms with Crippen LogP contribution in [-0.4, -0.2) is 42.4 Å². The average molecular weight is 402 g/mol. The molecule has 152 valence electrons. The Morgan fingerprint density at radius 1 is 1.07 bits per heavy atom. The summed E-state index contributed by atoms with van der Waals surface area (Å²) < 4.78 is 0. The number of hydrogen-bond donors (Lipinski definition) is 2. The molecule has 3 aromatic rings. The molecule has 0 saturated heterocycles. The van der Waals surface area contributed by atoms with Crippen LogP contribution in [0, 0.1) is 0 Å². The molecule has 1 aromatic heterocycles. The number of carbonyl (C=O) groups is 2. The number of nitrogen functional groups attached to an aromatic ring is 1. The Labute approximate surface area is 174 Å². The zero-order valence-corrected chi connectivity index (χ0v) is 16.8. The van der Waals surface area contributed by atoms with Gasteiger partial charge in [0.15, 0.2) is 11.5 Å². The Hall–Kier alpha value is -3.94. The van der Waals surface area contributed by atoms with Gasteiger partial charge in [0.05, 0.1) is 23.3 Å². The number of nitrogens with two attached hydrogens (primary N) is 1. The van der Waals surface area contributed by atoms with Gasteiger partial charge in [0.1, 0.15) is 0 Å². The number of amides is 2. The van der Waals surface area contributed by atoms with E-state index >= 15 is 0 Å². The van der Waals surface area contributed by atoms with Crippen molar-refractivity contribution in [3.05, 3.63) is 60.4 Å². The lowest BCUT2D eigenvalue weighted by atomic mass is 10.1. The molecule has 30 heavy (non-hydrogen) atoms. The fourth-order valence-corrected chi connectivity index (χ4v) is 3.37. The van der Waals surface area contributed by atoms with Crippen molar-refractivity contribution < 1.29 is 9.59 Å². The van der Waals surface area contributed by atoms with Crippen LogP contribution in [0.25, 0.3) is 11.3 Å². The molecule has 0 radical (unpaired) electrons. The molecule has 0 atom stereocenters. The molecule has 4 bridgehead atoms. The van der Waals surface area contributed by atoms with Crippen molar-refractivity contribution in [2.45, 2.75) is 6.42 Å². The number of rotatable bonds is 0. The van der Waals surface area contributed by atoms with Crippen LogP contribution in [0.15, 0.2) is 54.7 Å². The number of para-hydroxylation sites is 2. The first-order valence-corrected chi connectivity index (χ1v) is 9.55. The minimum Gasteiger partial charge on any atom is -0.382 e. The van der Waals surface area contributed by atoms with E-state index in [9.17, 15) is 9.59 Å². The smallest absolute Gasteiger partial charge is 0.278 e. The van der Waals surface area contributed by atoms with Crippen LogP contribution in [0.2, 0.25) is 0 Å². The maximum Gasteiger partial charge on any atom is 0.278 e. The van der Waals surface area contributed by atoms with E-state index in [2.05, 4.69) is 15.3 Å². The fraction of sp³-hybridized carbons (Fsp3) is 0.182. The van der Waals surface area contributed by atoms with E-state index in [1.165, 1.54) is 6.20 Å². The van der Waals surface area contributed by atoms with Crippen molar-refractivity contribution in [3.8, 4) is 11.3 Å². The van der Waals surface area contributed by atoms with E-state index < -0.39 is 5.91 Å². The van der Waals surface area contributed by atoms with E-state index in [1.807, 2.05) is 54.4 Å². The topological polar surface area (TPSA) is 104 Å². The number of nitrogens with one attached hydrogen (secondary N) is 1. The summed E-state index contributed by atoms with van der Waals surface area (Å²) in [6.07, 6.45) is 1.84. The number of carbonyl (C=O) groups excluding carboxylic acids is 2. The zero-order valence-electron chi connectivity index (χ0n) is 16.8. The van der Waals surface area contributed by atoms with Gasteiger partial charge in [-0.2, -0.15) is 0 Å². The number of anilines is 4. The van der Waals surface area contributed by atoms with Crippen molar-refractivity contribution in [3.63, 3.8) is 0 Å². The van der Waals surface area contributed by atoms with Gasteiger partial charge in [0.25, 0.3) is 5.91 Å². The highest BCUT2D eigenvalue weighted by Gasteiger charge is 2.19. The van der Waals surface area contributed by atoms with Crippen molar-refractivity contribution in [2.24, 2.45) is 0 Å². The maximum absolute atomic E-state index is 13.0. The molecule has 4 rings (SSSR count). The summed E-state index contributed by atoms with van der Waals surface area (Å²) in [5.41, 5.74) is 9.37. The summed E-state index contributed by atoms with van der Waals surface area (Å²) in [6, 6.07) is 14.8. The van der Waals surface area contributed by atoms with Gasteiger partial charge in [0.2, 0.25) is 5.91 Å². The number of benzene rings is 2. The lowest BCUT2D eigenvalue weighted by molar-refractivity contribution is -0.118. The third-order valence-corrected chi connectivity index (χ3v) is 5.14. The zero-order chi connectivity index (χ0) is 21.3. The highest BCUT2D eigenvalue weighted by Crippen LogP contribution is 2.28. The van der Waals surface area contributed by atoms with Crippen LogP contribution in [0.1, 0.15) is 16.9 Å². The monoisotopic (exact) mass is 402 g/mol. The van der Waals surface area contributed by atoms with Crippen LogP contribution in [-0.2, 0) is 4.79 Å². The molecule has 2 heterocycles. The largest absolute Gasteiger partial charge is 0.382 e. The van der Waals surface area contributed by atoms with E-state index in [-0.39, 0.29) is 17.4 Å². The quantitative estimate of drug-likeness (QED) is 0.599. The summed E-state index contributed by atoms with van der Waals surface area (Å²) in [7, 11) is 3.63. The summed E-state index contributed by atoms with van der Waals surface area (Å²) in [4.78, 5) is 37.9. The number of hydrogen-bond acceptors (Lipinski definition) is 6. The first-order chi connectivity index (χ1) is 14.4. The molecular formula is C22H22N6O2. The molecule has 8 heteroatoms. The van der Waals surface area contributed by atoms with Crippen LogP contribution < -0.4 is 20.9 Å². The molecule has 0 saturated carbocycles. The van der Waals surface area contributed by atoms with Crippen LogP contribution in [0.4, 0.5) is 22.9 Å². The van der Waals surface area contributed by atoms with Crippen molar-refractivity contribution in [1.29, 1.82) is 0 Å². The minimum absolute atomic E-state index is 0.0144. The molecule has 0 spiro atoms. The minimum atomic E-state index is -0.443. The molecule has 2 amide bonds. The highest BCUT2D eigenvalue weighted by atomic mass is 16.2. The summed E-state index contributed by atoms with van der Waals surface area (Å²) in [5, 5.41) is 2.88. The Morgan fingerprint density at radius 3 is 2.70 bits per heavy atom. The van der Waals surface area contributed by atoms with Gasteiger partial charge < -0.3 is 20.9 Å². The second-order valence-electron chi connectivity index (χ2n) is 7.14. The van der Waals surface area contributed by atoms with E-state index in [0.717, 1.165) is 16.9 Å². The van der Waals surface area contributed by atoms with Crippen molar-refractivity contribution in [2.75, 3.05) is 41.5 Å². The molecule has 8 nitrogen and oxygen atoms in total. The Morgan fingerprint density at radius 2 is 1.87 bits per heavy atom. The Kier molecular flexibility index (Phi) is 5.05. The molecule has 2 aromatic carbocycles. The number of fused-ring (bicyclic) bond motifs is 6. The third-order valence-electron chi connectivity index (χ3n) is 5.14. The standard InChI is InChI=1S/C22H22N6O2/c1-27-11-10-19(29)28(2)15-7-5-6-14(12-15)17-13-24-21(23)20(25-17)22(30)26-16-8-3-4-9-18(16)27/h3-9,12-13H,10-11H2,1-2H3,(H2,23,24)(H,26,30). The van der Waals surface area contributed by atoms with Gasteiger partial charge >= 0.3 is 0 Å². The number of nitrogens with zero attached hydrogens (tertiary/aromatic N) is 4. The molecule has 1 aliphatic heterocycles. The van der Waals surface area contributed by atoms with Crippen LogP contribution in [0.3, 0.4) is 0 Å². The van der Waals surface area contributed by atoms with Crippen molar-refractivity contribution >= 4 is 34.7 Å². The van der Waals surface area contributed by atoms with Crippen LogP contribution >= 0.6 is 0 Å². The second kappa shape index (κ2) is 7.82. The van der Waals surface area contributed by atoms with E-state index in [0.29, 0.717) is 24.3 Å². The van der Waals surface area contributed by atoms with Gasteiger partial charge in [-0.15, -0.1) is 0 Å². The SMILES string of the molecule is CN1CCC(=O)N(C)c2cccc(c2)-c2cnc(N)c(n2)C(=O)Nc2ccccc21. The lowest BCUT2D eigenvalue weighted by Gasteiger charge is -2.24. The predicted molar refractivity (Wildman–Crippen MR) is 118 cm³/mol. The van der Waals surface area contributed by atoms with Gasteiger partial charge in [0, 0.05) is 38.3 Å². The lowest BCUT2D eigenvalue weighted by Crippen LogP contribution is -2.31. The maximum atomic E-state index is 13.0. The summed E-state index contributed by atoms with van der Waals surface area (Å²) >= 11 is 0. The molecule has 0 aliphatic carbocycles. The predicted octanol–water partition coefficient (Wildman–Crippen LogP) is 2.78. The highest BCUT2D eigenvalue weighted by molar-refractivity contribution is 6.07. The van der Waals surface area contributed by atoms with E-state index in [4.69, 9.17) is 5.73 Å². The second-order valence-corrected chi connectivity index (χ2v) is 7.14. The summed E-state index contributed by atoms with van der Waals surface area (Å²) in [6.45, 7) is 0.492. The molecule has 0 fully saturated rings. The third kappa shape index (κ3) is 3.67. The Bertz CT molecular complexity index is 1130. The first kappa shape index (κ1) is 19.4. The Balaban J connectivity index is 1.85. The average Bonchev–Trinajstić information content (AvgIpc) is 2.77. The van der Waals surface area contributed by atoms with Gasteiger partial charge in [-0.3, -0.25) is 9.59 Å². The van der Waals surface area contributed by atoms with Crippen LogP contribution in [0.5, 0.6) is 0 Å². The molecular weight excluding hydrogens is 380 g/mol. The van der Waals surface area contributed by atoms with E-state index in [1.54, 1.807) is 18.0 Å². The van der Waals surface area contributed by atoms with Gasteiger partial charge in [-0.1, -0.05) is 24.3 Å².